The Bertz CT molecular complexity index is 969. The summed E-state index contributed by atoms with van der Waals surface area (Å²) in [7, 11) is -0.852. The number of hydrogen-bond acceptors (Lipinski definition) is 7. The number of nitrogens with zero attached hydrogens (tertiary/aromatic N) is 4. The summed E-state index contributed by atoms with van der Waals surface area (Å²) in [6.07, 6.45) is 1.90. The molecule has 2 saturated heterocycles. The Labute approximate surface area is 207 Å². The van der Waals surface area contributed by atoms with Crippen molar-refractivity contribution in [3.8, 4) is 5.75 Å². The molecule has 0 saturated carbocycles. The van der Waals surface area contributed by atoms with Crippen LogP contribution in [0.5, 0.6) is 5.75 Å². The number of piperazine rings is 1. The van der Waals surface area contributed by atoms with Gasteiger partial charge in [0.15, 0.2) is 4.75 Å². The highest BCUT2D eigenvalue weighted by Gasteiger charge is 2.55. The van der Waals surface area contributed by atoms with Crippen LogP contribution >= 0.6 is 0 Å². The molecule has 35 heavy (non-hydrogen) atoms. The normalized spacial score (nSPS) is 18.7. The van der Waals surface area contributed by atoms with Crippen LogP contribution in [0.4, 0.5) is 10.5 Å². The van der Waals surface area contributed by atoms with Crippen LogP contribution in [0.2, 0.25) is 0 Å². The van der Waals surface area contributed by atoms with E-state index in [-0.39, 0.29) is 45.1 Å². The van der Waals surface area contributed by atoms with Gasteiger partial charge in [0, 0.05) is 59.1 Å². The predicted molar refractivity (Wildman–Crippen MR) is 132 cm³/mol. The number of ether oxygens (including phenoxy) is 1. The summed E-state index contributed by atoms with van der Waals surface area (Å²) < 4.78 is 32.6. The van der Waals surface area contributed by atoms with E-state index in [2.05, 4.69) is 11.8 Å². The average molecular weight is 512 g/mol. The molecular weight excluding hydrogens is 474 g/mol. The molecule has 1 aromatic carbocycles. The molecule has 0 bridgehead atoms. The van der Waals surface area contributed by atoms with Crippen LogP contribution in [-0.4, -0.2) is 104 Å². The number of rotatable bonds is 8. The third-order valence-corrected chi connectivity index (χ3v) is 9.41. The Balaban J connectivity index is 1.67. The van der Waals surface area contributed by atoms with E-state index < -0.39 is 20.7 Å². The van der Waals surface area contributed by atoms with Crippen LogP contribution in [-0.2, 0) is 14.8 Å². The van der Waals surface area contributed by atoms with Crippen LogP contribution < -0.4 is 15.1 Å². The van der Waals surface area contributed by atoms with E-state index in [4.69, 9.17) is 4.74 Å². The van der Waals surface area contributed by atoms with Crippen molar-refractivity contribution >= 4 is 27.6 Å². The van der Waals surface area contributed by atoms with Gasteiger partial charge in [-0.2, -0.15) is 4.31 Å². The van der Waals surface area contributed by atoms with E-state index in [9.17, 15) is 23.2 Å². The third-order valence-electron chi connectivity index (χ3n) is 6.78. The minimum atomic E-state index is -4.09. The number of piperidine rings is 1. The first-order valence-electron chi connectivity index (χ1n) is 12.0. The number of carbonyl (C=O) groups excluding carboxylic acids is 2. The fourth-order valence-electron chi connectivity index (χ4n) is 4.57. The van der Waals surface area contributed by atoms with Gasteiger partial charge in [0.1, 0.15) is 5.75 Å². The average Bonchev–Trinajstić information content (AvgIpc) is 2.88. The fraction of sp³-hybridized carbons (Fsp3) is 0.652. The second kappa shape index (κ2) is 11.4. The van der Waals surface area contributed by atoms with Crippen molar-refractivity contribution in [1.29, 1.82) is 0 Å². The number of amides is 3. The molecule has 0 aromatic heterocycles. The Morgan fingerprint density at radius 1 is 1.06 bits per heavy atom. The van der Waals surface area contributed by atoms with E-state index in [1.807, 2.05) is 24.3 Å². The van der Waals surface area contributed by atoms with Gasteiger partial charge < -0.3 is 19.4 Å². The molecule has 1 aromatic rings. The van der Waals surface area contributed by atoms with Gasteiger partial charge in [0.05, 0.1) is 6.61 Å². The molecule has 0 radical (unpaired) electrons. The van der Waals surface area contributed by atoms with Gasteiger partial charge in [0.2, 0.25) is 10.0 Å². The third kappa shape index (κ3) is 5.65. The molecule has 0 unspecified atom stereocenters. The number of unbranched alkanes of at least 4 members (excludes halogenated alkanes) is 1. The van der Waals surface area contributed by atoms with Crippen LogP contribution in [0.3, 0.4) is 0 Å². The number of anilines is 1. The second-order valence-corrected chi connectivity index (χ2v) is 11.4. The van der Waals surface area contributed by atoms with Crippen molar-refractivity contribution in [3.63, 3.8) is 0 Å². The Hall–Kier alpha value is -2.57. The summed E-state index contributed by atoms with van der Waals surface area (Å²) in [4.78, 5) is 30.0. The highest BCUT2D eigenvalue weighted by Crippen LogP contribution is 2.35. The van der Waals surface area contributed by atoms with Crippen molar-refractivity contribution in [2.24, 2.45) is 0 Å². The van der Waals surface area contributed by atoms with Crippen molar-refractivity contribution in [2.75, 3.05) is 64.9 Å². The molecule has 2 fully saturated rings. The lowest BCUT2D eigenvalue weighted by Crippen LogP contribution is -2.64. The van der Waals surface area contributed by atoms with Gasteiger partial charge >= 0.3 is 6.03 Å². The molecule has 196 valence electrons. The fourth-order valence-corrected chi connectivity index (χ4v) is 6.68. The van der Waals surface area contributed by atoms with Gasteiger partial charge in [-0.1, -0.05) is 13.3 Å². The molecule has 2 heterocycles. The largest absolute Gasteiger partial charge is 0.494 e. The topological polar surface area (TPSA) is 123 Å². The van der Waals surface area contributed by atoms with Crippen molar-refractivity contribution in [1.82, 2.24) is 19.6 Å². The van der Waals surface area contributed by atoms with Crippen LogP contribution in [0.25, 0.3) is 0 Å². The number of hydroxylamine groups is 1. The SMILES string of the molecule is CCCCOc1ccc(N2CCN(S(=O)(=O)C3(C(=O)NO)CCN(C(=O)N(C)C)CC3)CC2)cc1. The molecule has 0 spiro atoms. The highest BCUT2D eigenvalue weighted by molar-refractivity contribution is 7.91. The standard InChI is InChI=1S/C23H37N5O6S/c1-4-5-18-34-20-8-6-19(7-9-20)26-14-16-28(17-15-26)35(32,33)23(21(29)24-31)10-12-27(13-11-23)22(30)25(2)3/h6-9,31H,4-5,10-18H2,1-3H3,(H,24,29). The number of sulfonamides is 1. The number of likely N-dealkylation sites (tertiary alicyclic amines) is 1. The van der Waals surface area contributed by atoms with Crippen LogP contribution in [0.1, 0.15) is 32.6 Å². The Kier molecular flexibility index (Phi) is 8.84. The van der Waals surface area contributed by atoms with E-state index in [0.29, 0.717) is 19.7 Å². The molecule has 3 rings (SSSR count). The first-order valence-corrected chi connectivity index (χ1v) is 13.5. The van der Waals surface area contributed by atoms with Gasteiger partial charge in [-0.05, 0) is 43.5 Å². The Morgan fingerprint density at radius 3 is 2.17 bits per heavy atom. The van der Waals surface area contributed by atoms with Crippen molar-refractivity contribution in [2.45, 2.75) is 37.4 Å². The maximum absolute atomic E-state index is 13.7. The zero-order valence-corrected chi connectivity index (χ0v) is 21.6. The molecule has 2 aliphatic rings. The number of hydrogen-bond donors (Lipinski definition) is 2. The molecule has 2 aliphatic heterocycles. The van der Waals surface area contributed by atoms with E-state index in [1.54, 1.807) is 19.6 Å². The van der Waals surface area contributed by atoms with Gasteiger partial charge in [-0.3, -0.25) is 10.0 Å². The van der Waals surface area contributed by atoms with E-state index >= 15 is 0 Å². The summed E-state index contributed by atoms with van der Waals surface area (Å²) in [6.45, 7) is 4.38. The zero-order chi connectivity index (χ0) is 25.6. The predicted octanol–water partition coefficient (Wildman–Crippen LogP) is 1.34. The highest BCUT2D eigenvalue weighted by atomic mass is 32.2. The Morgan fingerprint density at radius 2 is 1.66 bits per heavy atom. The van der Waals surface area contributed by atoms with E-state index in [1.165, 1.54) is 14.1 Å². The number of benzene rings is 1. The second-order valence-electron chi connectivity index (χ2n) is 9.19. The van der Waals surface area contributed by atoms with Crippen LogP contribution in [0.15, 0.2) is 24.3 Å². The lowest BCUT2D eigenvalue weighted by atomic mass is 9.95. The minimum Gasteiger partial charge on any atom is -0.494 e. The van der Waals surface area contributed by atoms with Crippen LogP contribution in [0, 0.1) is 0 Å². The first-order chi connectivity index (χ1) is 16.7. The number of carbonyl (C=O) groups is 2. The monoisotopic (exact) mass is 511 g/mol. The maximum Gasteiger partial charge on any atom is 0.319 e. The minimum absolute atomic E-state index is 0.0823. The quantitative estimate of drug-likeness (QED) is 0.307. The molecule has 3 amide bonds. The smallest absolute Gasteiger partial charge is 0.319 e. The summed E-state index contributed by atoms with van der Waals surface area (Å²) in [5, 5.41) is 9.37. The summed E-state index contributed by atoms with van der Waals surface area (Å²) >= 11 is 0. The first kappa shape index (κ1) is 27.0. The van der Waals surface area contributed by atoms with E-state index in [0.717, 1.165) is 24.3 Å². The van der Waals surface area contributed by atoms with Gasteiger partial charge in [0.25, 0.3) is 5.91 Å². The lowest BCUT2D eigenvalue weighted by Gasteiger charge is -2.44. The number of urea groups is 1. The molecule has 0 aliphatic carbocycles. The summed E-state index contributed by atoms with van der Waals surface area (Å²) in [5.74, 6) is -0.144. The molecule has 12 heteroatoms. The summed E-state index contributed by atoms with van der Waals surface area (Å²) in [5.41, 5.74) is 2.54. The van der Waals surface area contributed by atoms with Gasteiger partial charge in [-0.25, -0.2) is 18.7 Å². The molecular formula is C23H37N5O6S. The van der Waals surface area contributed by atoms with Crippen molar-refractivity contribution < 1.29 is 28.0 Å². The van der Waals surface area contributed by atoms with Crippen molar-refractivity contribution in [3.05, 3.63) is 24.3 Å². The molecule has 2 N–H and O–H groups in total. The lowest BCUT2D eigenvalue weighted by molar-refractivity contribution is -0.133. The molecule has 11 nitrogen and oxygen atoms in total. The maximum atomic E-state index is 13.7. The number of nitrogens with one attached hydrogen (secondary N) is 1. The van der Waals surface area contributed by atoms with Gasteiger partial charge in [-0.15, -0.1) is 0 Å². The molecule has 0 atom stereocenters. The zero-order valence-electron chi connectivity index (χ0n) is 20.8. The summed E-state index contributed by atoms with van der Waals surface area (Å²) in [6, 6.07) is 7.51.